The van der Waals surface area contributed by atoms with Gasteiger partial charge in [0.2, 0.25) is 0 Å². The van der Waals surface area contributed by atoms with Crippen molar-refractivity contribution in [2.24, 2.45) is 5.10 Å². The number of benzene rings is 2. The second kappa shape index (κ2) is 5.18. The highest BCUT2D eigenvalue weighted by atomic mass is 35.5. The zero-order valence-electron chi connectivity index (χ0n) is 10.9. The van der Waals surface area contributed by atoms with Gasteiger partial charge in [0.15, 0.2) is 0 Å². The molecule has 2 N–H and O–H groups in total. The van der Waals surface area contributed by atoms with E-state index < -0.39 is 5.82 Å². The van der Waals surface area contributed by atoms with Crippen molar-refractivity contribution < 1.29 is 9.18 Å². The van der Waals surface area contributed by atoms with E-state index in [2.05, 4.69) is 5.10 Å². The number of anilines is 2. The van der Waals surface area contributed by atoms with Crippen molar-refractivity contribution in [3.8, 4) is 0 Å². The fourth-order valence-electron chi connectivity index (χ4n) is 2.16. The molecule has 1 aliphatic heterocycles. The minimum Gasteiger partial charge on any atom is -0.399 e. The van der Waals surface area contributed by atoms with Crippen LogP contribution in [0.15, 0.2) is 47.6 Å². The summed E-state index contributed by atoms with van der Waals surface area (Å²) in [5.74, 6) is -0.672. The van der Waals surface area contributed by atoms with Gasteiger partial charge in [0.25, 0.3) is 5.91 Å². The first-order valence-electron chi connectivity index (χ1n) is 6.26. The minimum absolute atomic E-state index is 0.0294. The molecule has 1 amide bonds. The molecule has 0 spiro atoms. The highest BCUT2D eigenvalue weighted by Crippen LogP contribution is 2.31. The number of halogens is 2. The van der Waals surface area contributed by atoms with Crippen LogP contribution in [0.5, 0.6) is 0 Å². The molecule has 0 fully saturated rings. The Morgan fingerprint density at radius 1 is 1.24 bits per heavy atom. The fourth-order valence-corrected chi connectivity index (χ4v) is 2.43. The Kier molecular flexibility index (Phi) is 3.35. The Balaban J connectivity index is 2.01. The molecule has 0 radical (unpaired) electrons. The summed E-state index contributed by atoms with van der Waals surface area (Å²) in [6, 6.07) is 11.0. The van der Waals surface area contributed by atoms with E-state index in [1.54, 1.807) is 36.4 Å². The lowest BCUT2D eigenvalue weighted by molar-refractivity contribution is -0.116. The number of hydrogen-bond acceptors (Lipinski definition) is 3. The molecule has 3 rings (SSSR count). The van der Waals surface area contributed by atoms with E-state index in [0.29, 0.717) is 27.7 Å². The number of amides is 1. The van der Waals surface area contributed by atoms with Crippen molar-refractivity contribution in [3.63, 3.8) is 0 Å². The Bertz CT molecular complexity index is 760. The van der Waals surface area contributed by atoms with Crippen LogP contribution in [0, 0.1) is 5.82 Å². The molecule has 21 heavy (non-hydrogen) atoms. The summed E-state index contributed by atoms with van der Waals surface area (Å²) in [5, 5.41) is 5.70. The van der Waals surface area contributed by atoms with Crippen molar-refractivity contribution in [3.05, 3.63) is 58.9 Å². The molecule has 2 aromatic carbocycles. The van der Waals surface area contributed by atoms with Gasteiger partial charge in [-0.15, -0.1) is 0 Å². The van der Waals surface area contributed by atoms with Crippen LogP contribution in [0.25, 0.3) is 0 Å². The summed E-state index contributed by atoms with van der Waals surface area (Å²) in [6.07, 6.45) is 0.0294. The van der Waals surface area contributed by atoms with Crippen molar-refractivity contribution in [2.75, 3.05) is 10.7 Å². The van der Waals surface area contributed by atoms with E-state index in [1.165, 1.54) is 11.1 Å². The molecule has 106 valence electrons. The number of rotatable bonds is 2. The van der Waals surface area contributed by atoms with E-state index in [1.807, 2.05) is 0 Å². The average Bonchev–Trinajstić information content (AvgIpc) is 2.81. The van der Waals surface area contributed by atoms with Gasteiger partial charge in [0.1, 0.15) is 5.82 Å². The van der Waals surface area contributed by atoms with Crippen LogP contribution in [0.1, 0.15) is 12.0 Å². The predicted molar refractivity (Wildman–Crippen MR) is 80.9 cm³/mol. The van der Waals surface area contributed by atoms with E-state index >= 15 is 0 Å². The SMILES string of the molecule is Nc1ccc(N2N=C(c3ccccc3F)CC2=O)c(Cl)c1. The lowest BCUT2D eigenvalue weighted by Crippen LogP contribution is -2.19. The van der Waals surface area contributed by atoms with Crippen molar-refractivity contribution in [2.45, 2.75) is 6.42 Å². The van der Waals surface area contributed by atoms with Gasteiger partial charge in [-0.1, -0.05) is 29.8 Å². The molecule has 0 aromatic heterocycles. The van der Waals surface area contributed by atoms with Crippen LogP contribution >= 0.6 is 11.6 Å². The number of carbonyl (C=O) groups is 1. The molecule has 1 aliphatic rings. The average molecular weight is 304 g/mol. The van der Waals surface area contributed by atoms with Gasteiger partial charge >= 0.3 is 0 Å². The molecular weight excluding hydrogens is 293 g/mol. The molecular formula is C15H11ClFN3O. The molecule has 4 nitrogen and oxygen atoms in total. The maximum atomic E-state index is 13.8. The third-order valence-corrected chi connectivity index (χ3v) is 3.46. The second-order valence-corrected chi connectivity index (χ2v) is 5.03. The Morgan fingerprint density at radius 2 is 2.00 bits per heavy atom. The van der Waals surface area contributed by atoms with E-state index in [9.17, 15) is 9.18 Å². The number of nitrogens with zero attached hydrogens (tertiary/aromatic N) is 2. The van der Waals surface area contributed by atoms with E-state index in [0.717, 1.165) is 0 Å². The van der Waals surface area contributed by atoms with Gasteiger partial charge in [0, 0.05) is 11.3 Å². The Labute approximate surface area is 125 Å². The maximum absolute atomic E-state index is 13.8. The van der Waals surface area contributed by atoms with Gasteiger partial charge in [0.05, 0.1) is 22.8 Å². The largest absolute Gasteiger partial charge is 0.399 e. The monoisotopic (exact) mass is 303 g/mol. The van der Waals surface area contributed by atoms with Crippen LogP contribution in [-0.2, 0) is 4.79 Å². The summed E-state index contributed by atoms with van der Waals surface area (Å²) in [7, 11) is 0. The standard InChI is InChI=1S/C15H11ClFN3O/c16-11-7-9(18)5-6-14(11)20-15(21)8-13(19-20)10-3-1-2-4-12(10)17/h1-7H,8,18H2. The molecule has 0 saturated carbocycles. The lowest BCUT2D eigenvalue weighted by atomic mass is 10.1. The molecule has 2 aromatic rings. The van der Waals surface area contributed by atoms with Crippen LogP contribution in [0.2, 0.25) is 5.02 Å². The van der Waals surface area contributed by atoms with Crippen molar-refractivity contribution in [1.29, 1.82) is 0 Å². The van der Waals surface area contributed by atoms with Crippen LogP contribution in [0.3, 0.4) is 0 Å². The predicted octanol–water partition coefficient (Wildman–Crippen LogP) is 3.20. The number of hydrazone groups is 1. The summed E-state index contributed by atoms with van der Waals surface area (Å²) in [6.45, 7) is 0. The Morgan fingerprint density at radius 3 is 2.71 bits per heavy atom. The van der Waals surface area contributed by atoms with Crippen LogP contribution in [-0.4, -0.2) is 11.6 Å². The third kappa shape index (κ3) is 2.48. The van der Waals surface area contributed by atoms with E-state index in [4.69, 9.17) is 17.3 Å². The molecule has 6 heteroatoms. The zero-order valence-corrected chi connectivity index (χ0v) is 11.6. The van der Waals surface area contributed by atoms with Gasteiger partial charge in [-0.25, -0.2) is 4.39 Å². The Hall–Kier alpha value is -2.40. The first kappa shape index (κ1) is 13.6. The zero-order chi connectivity index (χ0) is 15.0. The van der Waals surface area contributed by atoms with Gasteiger partial charge in [-0.3, -0.25) is 4.79 Å². The number of nitrogen functional groups attached to an aromatic ring is 1. The highest BCUT2D eigenvalue weighted by Gasteiger charge is 2.28. The lowest BCUT2D eigenvalue weighted by Gasteiger charge is -2.13. The first-order valence-corrected chi connectivity index (χ1v) is 6.64. The molecule has 0 saturated heterocycles. The molecule has 0 aliphatic carbocycles. The molecule has 0 bridgehead atoms. The van der Waals surface area contributed by atoms with Crippen molar-refractivity contribution in [1.82, 2.24) is 0 Å². The van der Waals surface area contributed by atoms with E-state index in [-0.39, 0.29) is 12.3 Å². The number of nitrogens with two attached hydrogens (primary N) is 1. The van der Waals surface area contributed by atoms with Crippen molar-refractivity contribution >= 4 is 34.6 Å². The molecule has 0 unspecified atom stereocenters. The van der Waals surface area contributed by atoms with Crippen LogP contribution < -0.4 is 10.7 Å². The second-order valence-electron chi connectivity index (χ2n) is 4.62. The topological polar surface area (TPSA) is 58.7 Å². The molecule has 1 heterocycles. The number of carbonyl (C=O) groups excluding carboxylic acids is 1. The third-order valence-electron chi connectivity index (χ3n) is 3.16. The van der Waals surface area contributed by atoms with Gasteiger partial charge in [-0.05, 0) is 24.3 Å². The summed E-state index contributed by atoms with van der Waals surface area (Å²) >= 11 is 6.08. The minimum atomic E-state index is -0.408. The summed E-state index contributed by atoms with van der Waals surface area (Å²) in [4.78, 5) is 12.1. The van der Waals surface area contributed by atoms with Crippen LogP contribution in [0.4, 0.5) is 15.8 Å². The van der Waals surface area contributed by atoms with Gasteiger partial charge < -0.3 is 5.73 Å². The molecule has 0 atom stereocenters. The fraction of sp³-hybridized carbons (Fsp3) is 0.0667. The summed E-state index contributed by atoms with van der Waals surface area (Å²) < 4.78 is 13.8. The maximum Gasteiger partial charge on any atom is 0.253 e. The smallest absolute Gasteiger partial charge is 0.253 e. The number of hydrogen-bond donors (Lipinski definition) is 1. The quantitative estimate of drug-likeness (QED) is 0.866. The highest BCUT2D eigenvalue weighted by molar-refractivity contribution is 6.34. The van der Waals surface area contributed by atoms with Gasteiger partial charge in [-0.2, -0.15) is 10.1 Å². The normalized spacial score (nSPS) is 14.5. The summed E-state index contributed by atoms with van der Waals surface area (Å²) in [5.41, 5.74) is 7.25. The first-order chi connectivity index (χ1) is 10.1.